The predicted molar refractivity (Wildman–Crippen MR) is 122 cm³/mol. The van der Waals surface area contributed by atoms with Gasteiger partial charge in [-0.15, -0.1) is 0 Å². The minimum atomic E-state index is -1.08. The van der Waals surface area contributed by atoms with Gasteiger partial charge in [0, 0.05) is 18.8 Å². The van der Waals surface area contributed by atoms with E-state index in [-0.39, 0.29) is 27.5 Å². The van der Waals surface area contributed by atoms with Gasteiger partial charge in [-0.2, -0.15) is 0 Å². The van der Waals surface area contributed by atoms with Crippen molar-refractivity contribution in [1.82, 2.24) is 9.97 Å². The molecule has 0 fully saturated rings. The Labute approximate surface area is 179 Å². The normalized spacial score (nSPS) is 11.6. The molecule has 6 nitrogen and oxygen atoms in total. The molecule has 2 N–H and O–H groups in total. The number of nitrogens with zero attached hydrogens (tertiary/aromatic N) is 2. The lowest BCUT2D eigenvalue weighted by Gasteiger charge is -2.23. The maximum atomic E-state index is 12.3. The summed E-state index contributed by atoms with van der Waals surface area (Å²) in [5, 5.41) is 9.74. The van der Waals surface area contributed by atoms with Crippen LogP contribution in [0.25, 0.3) is 22.0 Å². The molecule has 30 heavy (non-hydrogen) atoms. The molecule has 0 bridgehead atoms. The summed E-state index contributed by atoms with van der Waals surface area (Å²) in [5.41, 5.74) is 2.00. The number of nitrogens with one attached hydrogen (secondary N) is 1. The number of hydrogen-bond donors (Lipinski definition) is 2. The molecule has 0 unspecified atom stereocenters. The van der Waals surface area contributed by atoms with E-state index in [2.05, 4.69) is 40.8 Å². The number of H-pyrrole nitrogens is 1. The number of carboxylic acids is 1. The number of aromatic amines is 1. The first-order chi connectivity index (χ1) is 14.4. The van der Waals surface area contributed by atoms with Gasteiger partial charge in [0.25, 0.3) is 5.56 Å². The first-order valence-corrected chi connectivity index (χ1v) is 10.3. The number of anilines is 1. The molecule has 2 aromatic carbocycles. The third-order valence-electron chi connectivity index (χ3n) is 4.72. The average Bonchev–Trinajstić information content (AvgIpc) is 2.73. The molecule has 1 heterocycles. The number of aromatic nitrogens is 2. The molecule has 0 amide bonds. The van der Waals surface area contributed by atoms with Gasteiger partial charge in [0.2, 0.25) is 0 Å². The summed E-state index contributed by atoms with van der Waals surface area (Å²) in [5.74, 6) is -0.887. The monoisotopic (exact) mass is 425 g/mol. The lowest BCUT2D eigenvalue weighted by Crippen LogP contribution is -2.24. The second-order valence-corrected chi connectivity index (χ2v) is 7.43. The predicted octanol–water partition coefficient (Wildman–Crippen LogP) is 4.98. The van der Waals surface area contributed by atoms with Crippen LogP contribution in [-0.4, -0.2) is 34.1 Å². The first-order valence-electron chi connectivity index (χ1n) is 9.93. The van der Waals surface area contributed by atoms with Gasteiger partial charge in [0.05, 0.1) is 21.5 Å². The second-order valence-electron chi connectivity index (χ2n) is 7.02. The Morgan fingerprint density at radius 3 is 2.40 bits per heavy atom. The third kappa shape index (κ3) is 4.89. The number of carboxylic acid groups (broad SMARTS) is 1. The van der Waals surface area contributed by atoms with Crippen molar-refractivity contribution in [3.63, 3.8) is 0 Å². The summed E-state index contributed by atoms with van der Waals surface area (Å²) >= 11 is 6.42. The minimum absolute atomic E-state index is 0.0611. The fraction of sp³-hybridized carbons (Fsp3) is 0.261. The SMILES string of the molecule is CCCN(CCC)c1ccc(/C=C(/Cl)c2nc3cc(C(=O)O)ccc3c(=O)[nH]2)cc1. The molecular formula is C23H24ClN3O3. The van der Waals surface area contributed by atoms with Crippen LogP contribution < -0.4 is 10.5 Å². The standard InChI is InChI=1S/C23H24ClN3O3/c1-3-11-27(12-4-2)17-8-5-15(6-9-17)13-19(24)21-25-20-14-16(23(29)30)7-10-18(20)22(28)26-21/h5-10,13-14H,3-4,11-12H2,1-2H3,(H,29,30)(H,25,26,28)/b19-13+. The lowest BCUT2D eigenvalue weighted by atomic mass is 10.1. The maximum Gasteiger partial charge on any atom is 0.335 e. The zero-order chi connectivity index (χ0) is 21.7. The highest BCUT2D eigenvalue weighted by atomic mass is 35.5. The second kappa shape index (κ2) is 9.59. The van der Waals surface area contributed by atoms with Crippen LogP contribution in [0.2, 0.25) is 0 Å². The minimum Gasteiger partial charge on any atom is -0.478 e. The molecule has 1 aromatic heterocycles. The van der Waals surface area contributed by atoms with Gasteiger partial charge in [-0.1, -0.05) is 37.6 Å². The van der Waals surface area contributed by atoms with Crippen LogP contribution in [0.3, 0.4) is 0 Å². The molecule has 0 aliphatic rings. The van der Waals surface area contributed by atoms with Crippen LogP contribution in [0.15, 0.2) is 47.3 Å². The number of benzene rings is 2. The van der Waals surface area contributed by atoms with Crippen molar-refractivity contribution >= 4 is 45.3 Å². The largest absolute Gasteiger partial charge is 0.478 e. The summed E-state index contributed by atoms with van der Waals surface area (Å²) < 4.78 is 0. The molecule has 0 aliphatic heterocycles. The topological polar surface area (TPSA) is 86.3 Å². The van der Waals surface area contributed by atoms with Crippen LogP contribution in [0, 0.1) is 0 Å². The molecule has 0 aliphatic carbocycles. The molecule has 0 saturated heterocycles. The van der Waals surface area contributed by atoms with Crippen LogP contribution in [-0.2, 0) is 0 Å². The van der Waals surface area contributed by atoms with E-state index in [4.69, 9.17) is 16.7 Å². The number of carbonyl (C=O) groups is 1. The van der Waals surface area contributed by atoms with Gasteiger partial charge in [0.1, 0.15) is 0 Å². The van der Waals surface area contributed by atoms with E-state index in [1.54, 1.807) is 6.08 Å². The van der Waals surface area contributed by atoms with Gasteiger partial charge in [-0.3, -0.25) is 4.79 Å². The third-order valence-corrected chi connectivity index (χ3v) is 5.01. The van der Waals surface area contributed by atoms with E-state index >= 15 is 0 Å². The Morgan fingerprint density at radius 2 is 1.80 bits per heavy atom. The van der Waals surface area contributed by atoms with Crippen LogP contribution >= 0.6 is 11.6 Å². The van der Waals surface area contributed by atoms with Gasteiger partial charge in [-0.05, 0) is 54.8 Å². The number of hydrogen-bond acceptors (Lipinski definition) is 4. The molecule has 3 aromatic rings. The van der Waals surface area contributed by atoms with Gasteiger partial charge in [-0.25, -0.2) is 9.78 Å². The van der Waals surface area contributed by atoms with Crippen LogP contribution in [0.4, 0.5) is 5.69 Å². The fourth-order valence-corrected chi connectivity index (χ4v) is 3.51. The van der Waals surface area contributed by atoms with E-state index in [1.807, 2.05) is 12.1 Å². The number of rotatable bonds is 8. The number of aromatic carboxylic acids is 1. The molecule has 0 radical (unpaired) electrons. The van der Waals surface area contributed by atoms with Crippen LogP contribution in [0.5, 0.6) is 0 Å². The van der Waals surface area contributed by atoms with E-state index in [0.29, 0.717) is 5.39 Å². The maximum absolute atomic E-state index is 12.3. The highest BCUT2D eigenvalue weighted by molar-refractivity contribution is 6.50. The fourth-order valence-electron chi connectivity index (χ4n) is 3.29. The molecule has 0 spiro atoms. The molecular weight excluding hydrogens is 402 g/mol. The number of halogens is 1. The van der Waals surface area contributed by atoms with Gasteiger partial charge >= 0.3 is 5.97 Å². The van der Waals surface area contributed by atoms with Crippen molar-refractivity contribution < 1.29 is 9.90 Å². The van der Waals surface area contributed by atoms with E-state index < -0.39 is 5.97 Å². The zero-order valence-electron chi connectivity index (χ0n) is 17.0. The molecule has 3 rings (SSSR count). The Balaban J connectivity index is 1.91. The Hall–Kier alpha value is -3.12. The quantitative estimate of drug-likeness (QED) is 0.531. The highest BCUT2D eigenvalue weighted by Crippen LogP contribution is 2.23. The summed E-state index contributed by atoms with van der Waals surface area (Å²) in [6, 6.07) is 12.2. The van der Waals surface area contributed by atoms with E-state index in [9.17, 15) is 9.59 Å². The van der Waals surface area contributed by atoms with Crippen molar-refractivity contribution in [2.24, 2.45) is 0 Å². The van der Waals surface area contributed by atoms with Gasteiger partial charge in [0.15, 0.2) is 5.82 Å². The molecule has 7 heteroatoms. The van der Waals surface area contributed by atoms with Crippen molar-refractivity contribution in [1.29, 1.82) is 0 Å². The molecule has 0 saturated carbocycles. The zero-order valence-corrected chi connectivity index (χ0v) is 17.7. The number of fused-ring (bicyclic) bond motifs is 1. The van der Waals surface area contributed by atoms with Crippen molar-refractivity contribution in [2.45, 2.75) is 26.7 Å². The highest BCUT2D eigenvalue weighted by Gasteiger charge is 2.10. The Morgan fingerprint density at radius 1 is 1.13 bits per heavy atom. The van der Waals surface area contributed by atoms with Crippen molar-refractivity contribution in [3.8, 4) is 0 Å². The molecule has 156 valence electrons. The van der Waals surface area contributed by atoms with Crippen molar-refractivity contribution in [3.05, 3.63) is 69.8 Å². The summed E-state index contributed by atoms with van der Waals surface area (Å²) in [4.78, 5) is 32.9. The lowest BCUT2D eigenvalue weighted by molar-refractivity contribution is 0.0697. The summed E-state index contributed by atoms with van der Waals surface area (Å²) in [7, 11) is 0. The smallest absolute Gasteiger partial charge is 0.335 e. The Bertz CT molecular complexity index is 1130. The summed E-state index contributed by atoms with van der Waals surface area (Å²) in [6.45, 7) is 6.33. The Kier molecular flexibility index (Phi) is 6.90. The van der Waals surface area contributed by atoms with Crippen molar-refractivity contribution in [2.75, 3.05) is 18.0 Å². The average molecular weight is 426 g/mol. The molecule has 0 atom stereocenters. The first kappa shape index (κ1) is 21.6. The summed E-state index contributed by atoms with van der Waals surface area (Å²) in [6.07, 6.45) is 3.89. The van der Waals surface area contributed by atoms with Gasteiger partial charge < -0.3 is 15.0 Å². The van der Waals surface area contributed by atoms with E-state index in [1.165, 1.54) is 18.2 Å². The van der Waals surface area contributed by atoms with E-state index in [0.717, 1.165) is 37.2 Å². The van der Waals surface area contributed by atoms with Crippen LogP contribution in [0.1, 0.15) is 48.4 Å².